The lowest BCUT2D eigenvalue weighted by Gasteiger charge is -2.22. The van der Waals surface area contributed by atoms with E-state index >= 15 is 0 Å². The van der Waals surface area contributed by atoms with Gasteiger partial charge in [0.05, 0.1) is 23.4 Å². The number of rotatable bonds is 4. The van der Waals surface area contributed by atoms with E-state index in [0.717, 1.165) is 11.1 Å². The zero-order valence-corrected chi connectivity index (χ0v) is 16.9. The van der Waals surface area contributed by atoms with Gasteiger partial charge < -0.3 is 9.84 Å². The summed E-state index contributed by atoms with van der Waals surface area (Å²) < 4.78 is 33.5. The fraction of sp³-hybridized carbons (Fsp3) is 0.130. The largest absolute Gasteiger partial charge is 0.497 e. The number of ether oxygens (including phenoxy) is 1. The highest BCUT2D eigenvalue weighted by atomic mass is 32.2. The van der Waals surface area contributed by atoms with Crippen molar-refractivity contribution in [1.82, 2.24) is 0 Å². The van der Waals surface area contributed by atoms with Crippen LogP contribution < -0.4 is 9.04 Å². The van der Waals surface area contributed by atoms with Crippen LogP contribution in [0.1, 0.15) is 22.8 Å². The van der Waals surface area contributed by atoms with Crippen molar-refractivity contribution in [2.24, 2.45) is 0 Å². The van der Waals surface area contributed by atoms with Gasteiger partial charge in [-0.25, -0.2) is 12.7 Å². The van der Waals surface area contributed by atoms with Gasteiger partial charge in [-0.05, 0) is 48.9 Å². The highest BCUT2D eigenvalue weighted by molar-refractivity contribution is 7.93. The van der Waals surface area contributed by atoms with Gasteiger partial charge in [0.25, 0.3) is 10.0 Å². The zero-order chi connectivity index (χ0) is 20.6. The molecular formula is C23H21NO4S. The van der Waals surface area contributed by atoms with Gasteiger partial charge in [0.15, 0.2) is 0 Å². The summed E-state index contributed by atoms with van der Waals surface area (Å²) in [6.45, 7) is 1.90. The smallest absolute Gasteiger partial charge is 0.268 e. The molecule has 1 aliphatic heterocycles. The van der Waals surface area contributed by atoms with E-state index in [9.17, 15) is 13.5 Å². The Morgan fingerprint density at radius 1 is 1.00 bits per heavy atom. The molecule has 4 rings (SSSR count). The molecule has 6 heteroatoms. The molecule has 3 aromatic carbocycles. The van der Waals surface area contributed by atoms with Crippen molar-refractivity contribution in [2.75, 3.05) is 11.4 Å². The van der Waals surface area contributed by atoms with Crippen LogP contribution in [0.3, 0.4) is 0 Å². The molecule has 1 aliphatic rings. The van der Waals surface area contributed by atoms with Gasteiger partial charge in [0, 0.05) is 5.56 Å². The maximum absolute atomic E-state index is 13.5. The number of benzene rings is 3. The summed E-state index contributed by atoms with van der Waals surface area (Å²) in [5, 5.41) is 10.9. The normalized spacial score (nSPS) is 17.4. The molecule has 148 valence electrons. The third-order valence-electron chi connectivity index (χ3n) is 4.93. The van der Waals surface area contributed by atoms with E-state index in [2.05, 4.69) is 0 Å². The summed E-state index contributed by atoms with van der Waals surface area (Å²) in [5.74, 6) is 0.650. The molecule has 0 fully saturated rings. The number of aliphatic hydroxyl groups is 1. The number of hydrogen-bond acceptors (Lipinski definition) is 4. The topological polar surface area (TPSA) is 66.8 Å². The minimum Gasteiger partial charge on any atom is -0.497 e. The van der Waals surface area contributed by atoms with Crippen molar-refractivity contribution >= 4 is 21.8 Å². The quantitative estimate of drug-likeness (QED) is 0.701. The van der Waals surface area contributed by atoms with Crippen LogP contribution in [0.25, 0.3) is 6.08 Å². The van der Waals surface area contributed by atoms with Crippen molar-refractivity contribution < 1.29 is 18.3 Å². The summed E-state index contributed by atoms with van der Waals surface area (Å²) in [5.41, 5.74) is 2.99. The zero-order valence-electron chi connectivity index (χ0n) is 16.1. The summed E-state index contributed by atoms with van der Waals surface area (Å²) in [4.78, 5) is 0.170. The molecule has 0 amide bonds. The lowest BCUT2D eigenvalue weighted by Crippen LogP contribution is -2.28. The van der Waals surface area contributed by atoms with Crippen LogP contribution in [0.5, 0.6) is 5.75 Å². The Kier molecular flexibility index (Phi) is 4.90. The molecule has 1 atom stereocenters. The Balaban J connectivity index is 1.90. The van der Waals surface area contributed by atoms with Gasteiger partial charge >= 0.3 is 0 Å². The van der Waals surface area contributed by atoms with Crippen LogP contribution in [0.2, 0.25) is 0 Å². The van der Waals surface area contributed by atoms with Crippen molar-refractivity contribution in [3.05, 3.63) is 95.2 Å². The van der Waals surface area contributed by atoms with Crippen LogP contribution in [0.4, 0.5) is 5.69 Å². The first-order valence-corrected chi connectivity index (χ1v) is 10.6. The van der Waals surface area contributed by atoms with Gasteiger partial charge in [-0.1, -0.05) is 48.0 Å². The second-order valence-corrected chi connectivity index (χ2v) is 8.68. The molecule has 5 nitrogen and oxygen atoms in total. The number of fused-ring (bicyclic) bond motifs is 1. The van der Waals surface area contributed by atoms with Crippen LogP contribution >= 0.6 is 0 Å². The number of sulfonamides is 1. The second-order valence-electron chi connectivity index (χ2n) is 6.89. The van der Waals surface area contributed by atoms with E-state index in [1.54, 1.807) is 67.8 Å². The Morgan fingerprint density at radius 3 is 2.45 bits per heavy atom. The maximum Gasteiger partial charge on any atom is 0.268 e. The standard InChI is InChI=1S/C23H21NO4S/c1-16-10-12-19(13-11-16)29(26,27)24-21-9-4-3-8-20(21)23(25)22(24)15-17-6-5-7-18(14-17)28-2/h3-15,23,25H,1-2H3/b22-15+. The number of para-hydroxylation sites is 1. The van der Waals surface area contributed by atoms with Crippen molar-refractivity contribution in [2.45, 2.75) is 17.9 Å². The van der Waals surface area contributed by atoms with E-state index in [1.165, 1.54) is 4.31 Å². The van der Waals surface area contributed by atoms with E-state index in [1.807, 2.05) is 25.1 Å². The number of aryl methyl sites for hydroxylation is 1. The minimum atomic E-state index is -3.91. The Bertz CT molecular complexity index is 1180. The van der Waals surface area contributed by atoms with Gasteiger partial charge in [-0.2, -0.15) is 0 Å². The van der Waals surface area contributed by atoms with Crippen molar-refractivity contribution in [1.29, 1.82) is 0 Å². The van der Waals surface area contributed by atoms with Gasteiger partial charge in [0.1, 0.15) is 11.9 Å². The second kappa shape index (κ2) is 7.39. The predicted octanol–water partition coefficient (Wildman–Crippen LogP) is 4.29. The number of methoxy groups -OCH3 is 1. The predicted molar refractivity (Wildman–Crippen MR) is 113 cm³/mol. The number of aliphatic hydroxyl groups excluding tert-OH is 1. The van der Waals surface area contributed by atoms with Crippen LogP contribution in [-0.2, 0) is 10.0 Å². The molecule has 0 radical (unpaired) electrons. The average molecular weight is 407 g/mol. The summed E-state index contributed by atoms with van der Waals surface area (Å²) >= 11 is 0. The van der Waals surface area contributed by atoms with E-state index in [0.29, 0.717) is 17.0 Å². The molecule has 0 aliphatic carbocycles. The molecule has 0 bridgehead atoms. The third-order valence-corrected chi connectivity index (χ3v) is 6.69. The first kappa shape index (κ1) is 19.2. The molecule has 0 spiro atoms. The van der Waals surface area contributed by atoms with E-state index in [4.69, 9.17) is 4.74 Å². The lowest BCUT2D eigenvalue weighted by atomic mass is 10.1. The van der Waals surface area contributed by atoms with E-state index in [-0.39, 0.29) is 10.6 Å². The molecule has 0 saturated heterocycles. The van der Waals surface area contributed by atoms with E-state index < -0.39 is 16.1 Å². The SMILES string of the molecule is COc1cccc(/C=C2\C(O)c3ccccc3N2S(=O)(=O)c2ccc(C)cc2)c1. The third kappa shape index (κ3) is 3.41. The fourth-order valence-corrected chi connectivity index (χ4v) is 4.98. The molecule has 0 saturated carbocycles. The first-order chi connectivity index (χ1) is 13.9. The highest BCUT2D eigenvalue weighted by Crippen LogP contribution is 2.45. The molecular weight excluding hydrogens is 386 g/mol. The van der Waals surface area contributed by atoms with Crippen LogP contribution in [-0.4, -0.2) is 20.6 Å². The molecule has 1 N–H and O–H groups in total. The average Bonchev–Trinajstić information content (AvgIpc) is 3.01. The van der Waals surface area contributed by atoms with Gasteiger partial charge in [-0.3, -0.25) is 0 Å². The lowest BCUT2D eigenvalue weighted by molar-refractivity contribution is 0.223. The fourth-order valence-electron chi connectivity index (χ4n) is 3.44. The highest BCUT2D eigenvalue weighted by Gasteiger charge is 2.40. The van der Waals surface area contributed by atoms with Crippen LogP contribution in [0.15, 0.2) is 83.4 Å². The summed E-state index contributed by atoms with van der Waals surface area (Å²) in [7, 11) is -2.34. The number of nitrogens with zero attached hydrogens (tertiary/aromatic N) is 1. The van der Waals surface area contributed by atoms with Crippen molar-refractivity contribution in [3.8, 4) is 5.75 Å². The summed E-state index contributed by atoms with van der Waals surface area (Å²) in [6.07, 6.45) is 0.622. The maximum atomic E-state index is 13.5. The molecule has 1 heterocycles. The monoisotopic (exact) mass is 407 g/mol. The van der Waals surface area contributed by atoms with Crippen molar-refractivity contribution in [3.63, 3.8) is 0 Å². The van der Waals surface area contributed by atoms with Crippen LogP contribution in [0, 0.1) is 6.92 Å². The van der Waals surface area contributed by atoms with Gasteiger partial charge in [-0.15, -0.1) is 0 Å². The van der Waals surface area contributed by atoms with Gasteiger partial charge in [0.2, 0.25) is 0 Å². The Morgan fingerprint density at radius 2 is 1.72 bits per heavy atom. The Labute approximate surface area is 170 Å². The molecule has 0 aromatic heterocycles. The number of hydrogen-bond donors (Lipinski definition) is 1. The molecule has 1 unspecified atom stereocenters. The minimum absolute atomic E-state index is 0.170. The first-order valence-electron chi connectivity index (χ1n) is 9.16. The molecule has 29 heavy (non-hydrogen) atoms. The summed E-state index contributed by atoms with van der Waals surface area (Å²) in [6, 6.07) is 20.9. The Hall–Kier alpha value is -3.09. The number of anilines is 1. The molecule has 3 aromatic rings.